The number of nitriles is 1. The zero-order valence-corrected chi connectivity index (χ0v) is 27.6. The molecule has 12 heteroatoms. The van der Waals surface area contributed by atoms with Crippen LogP contribution < -0.4 is 15.4 Å². The normalized spacial score (nSPS) is 12.7. The number of nitrogens with zero attached hydrogens (tertiary/aromatic N) is 2. The Bertz CT molecular complexity index is 1630. The van der Waals surface area contributed by atoms with E-state index in [2.05, 4.69) is 15.4 Å². The van der Waals surface area contributed by atoms with E-state index in [-0.39, 0.29) is 25.3 Å². The molecule has 0 bridgehead atoms. The van der Waals surface area contributed by atoms with Gasteiger partial charge in [0.1, 0.15) is 17.7 Å². The molecule has 46 heavy (non-hydrogen) atoms. The number of hydrogen-bond donors (Lipinski definition) is 3. The zero-order valence-electron chi connectivity index (χ0n) is 26.7. The van der Waals surface area contributed by atoms with Gasteiger partial charge >= 0.3 is 6.09 Å². The fourth-order valence-corrected chi connectivity index (χ4v) is 5.14. The summed E-state index contributed by atoms with van der Waals surface area (Å²) < 4.78 is 33.1. The molecule has 3 N–H and O–H groups in total. The van der Waals surface area contributed by atoms with Crippen molar-refractivity contribution >= 4 is 27.9 Å². The van der Waals surface area contributed by atoms with E-state index in [1.165, 1.54) is 18.9 Å². The Hall–Kier alpha value is -4.73. The second-order valence-corrected chi connectivity index (χ2v) is 13.8. The molecule has 3 rings (SSSR count). The third-order valence-corrected chi connectivity index (χ3v) is 8.27. The average Bonchev–Trinajstić information content (AvgIpc) is 3.03. The van der Waals surface area contributed by atoms with Crippen molar-refractivity contribution in [3.63, 3.8) is 0 Å². The summed E-state index contributed by atoms with van der Waals surface area (Å²) in [6, 6.07) is 23.3. The van der Waals surface area contributed by atoms with Crippen LogP contribution in [0.25, 0.3) is 11.1 Å². The van der Waals surface area contributed by atoms with Crippen molar-refractivity contribution in [1.29, 1.82) is 5.26 Å². The number of sulfonamides is 1. The summed E-state index contributed by atoms with van der Waals surface area (Å²) in [7, 11) is -2.38. The van der Waals surface area contributed by atoms with E-state index >= 15 is 0 Å². The van der Waals surface area contributed by atoms with Crippen LogP contribution in [-0.4, -0.2) is 68.3 Å². The Balaban J connectivity index is 1.83. The number of carbonyl (C=O) groups excluding carboxylic acids is 3. The van der Waals surface area contributed by atoms with Gasteiger partial charge in [-0.1, -0.05) is 66.7 Å². The van der Waals surface area contributed by atoms with Crippen LogP contribution in [0, 0.1) is 11.3 Å². The van der Waals surface area contributed by atoms with E-state index in [0.717, 1.165) is 11.1 Å². The molecule has 0 aliphatic rings. The number of hydrogen-bond acceptors (Lipinski definition) is 7. The largest absolute Gasteiger partial charge is 0.444 e. The van der Waals surface area contributed by atoms with Crippen molar-refractivity contribution < 1.29 is 27.5 Å². The van der Waals surface area contributed by atoms with Gasteiger partial charge < -0.3 is 20.3 Å². The number of amides is 3. The van der Waals surface area contributed by atoms with Crippen molar-refractivity contribution in [1.82, 2.24) is 20.3 Å². The van der Waals surface area contributed by atoms with Crippen LogP contribution in [0.3, 0.4) is 0 Å². The van der Waals surface area contributed by atoms with Crippen LogP contribution in [0.4, 0.5) is 4.79 Å². The highest BCUT2D eigenvalue weighted by atomic mass is 32.2. The summed E-state index contributed by atoms with van der Waals surface area (Å²) in [6.07, 6.45) is -0.685. The minimum atomic E-state index is -3.82. The van der Waals surface area contributed by atoms with Crippen LogP contribution in [0.5, 0.6) is 0 Å². The number of likely N-dealkylation sites (N-methyl/N-ethyl adjacent to an activating group) is 1. The van der Waals surface area contributed by atoms with Crippen LogP contribution in [0.2, 0.25) is 0 Å². The first-order chi connectivity index (χ1) is 21.7. The maximum Gasteiger partial charge on any atom is 0.410 e. The average molecular weight is 648 g/mol. The highest BCUT2D eigenvalue weighted by molar-refractivity contribution is 7.89. The van der Waals surface area contributed by atoms with E-state index in [4.69, 9.17) is 10.00 Å². The molecule has 2 atom stereocenters. The predicted molar refractivity (Wildman–Crippen MR) is 176 cm³/mol. The number of nitrogens with one attached hydrogen (secondary N) is 3. The molecule has 3 aromatic carbocycles. The molecule has 0 heterocycles. The molecule has 0 saturated carbocycles. The number of ether oxygens (including phenoxy) is 1. The Morgan fingerprint density at radius 3 is 2.02 bits per heavy atom. The second kappa shape index (κ2) is 16.0. The summed E-state index contributed by atoms with van der Waals surface area (Å²) in [5.41, 5.74) is 3.07. The summed E-state index contributed by atoms with van der Waals surface area (Å²) >= 11 is 0. The van der Waals surface area contributed by atoms with Crippen LogP contribution >= 0.6 is 0 Å². The van der Waals surface area contributed by atoms with Gasteiger partial charge in [0.05, 0.1) is 23.9 Å². The minimum Gasteiger partial charge on any atom is -0.444 e. The zero-order chi connectivity index (χ0) is 33.9. The summed E-state index contributed by atoms with van der Waals surface area (Å²) in [4.78, 5) is 41.0. The van der Waals surface area contributed by atoms with E-state index < -0.39 is 45.6 Å². The molecule has 3 aromatic rings. The molecule has 0 radical (unpaired) electrons. The third kappa shape index (κ3) is 11.3. The lowest BCUT2D eigenvalue weighted by Crippen LogP contribution is -2.57. The van der Waals surface area contributed by atoms with Crippen molar-refractivity contribution in [2.45, 2.75) is 58.3 Å². The second-order valence-electron chi connectivity index (χ2n) is 11.8. The van der Waals surface area contributed by atoms with Crippen LogP contribution in [0.15, 0.2) is 78.9 Å². The Labute approximate surface area is 271 Å². The lowest BCUT2D eigenvalue weighted by atomic mass is 10.0. The maximum absolute atomic E-state index is 13.7. The first kappa shape index (κ1) is 35.7. The summed E-state index contributed by atoms with van der Waals surface area (Å²) in [5, 5.41) is 14.4. The van der Waals surface area contributed by atoms with Crippen molar-refractivity contribution in [3.8, 4) is 17.2 Å². The van der Waals surface area contributed by atoms with E-state index in [0.29, 0.717) is 16.7 Å². The van der Waals surface area contributed by atoms with Crippen LogP contribution in [-0.2, 0) is 37.3 Å². The summed E-state index contributed by atoms with van der Waals surface area (Å²) in [6.45, 7) is 6.42. The molecule has 0 aromatic heterocycles. The van der Waals surface area contributed by atoms with Crippen molar-refractivity contribution in [2.24, 2.45) is 0 Å². The molecular formula is C34H41N5O6S. The Kier molecular flexibility index (Phi) is 12.4. The lowest BCUT2D eigenvalue weighted by Gasteiger charge is -2.28. The fraction of sp³-hybridized carbons (Fsp3) is 0.353. The van der Waals surface area contributed by atoms with Crippen molar-refractivity contribution in [3.05, 3.63) is 95.6 Å². The van der Waals surface area contributed by atoms with Gasteiger partial charge in [-0.05, 0) is 68.5 Å². The first-order valence-electron chi connectivity index (χ1n) is 14.8. The maximum atomic E-state index is 13.7. The number of rotatable bonds is 13. The molecular weight excluding hydrogens is 606 g/mol. The number of carbonyl (C=O) groups is 3. The highest BCUT2D eigenvalue weighted by Crippen LogP contribution is 2.20. The molecule has 0 aliphatic carbocycles. The van der Waals surface area contributed by atoms with Gasteiger partial charge in [0, 0.05) is 13.6 Å². The molecule has 0 fully saturated rings. The third-order valence-electron chi connectivity index (χ3n) is 6.86. The molecule has 0 spiro atoms. The quantitative estimate of drug-likeness (QED) is 0.255. The van der Waals surface area contributed by atoms with E-state index in [1.807, 2.05) is 60.7 Å². The molecule has 244 valence electrons. The smallest absolute Gasteiger partial charge is 0.410 e. The monoisotopic (exact) mass is 647 g/mol. The van der Waals surface area contributed by atoms with E-state index in [9.17, 15) is 22.8 Å². The molecule has 0 unspecified atom stereocenters. The van der Waals surface area contributed by atoms with Gasteiger partial charge in [0.25, 0.3) is 0 Å². The fourth-order valence-electron chi connectivity index (χ4n) is 4.35. The van der Waals surface area contributed by atoms with Gasteiger partial charge in [0.2, 0.25) is 21.8 Å². The van der Waals surface area contributed by atoms with Gasteiger partial charge in [-0.25, -0.2) is 17.9 Å². The molecule has 0 saturated heterocycles. The standard InChI is InChI=1S/C34H41N5O6S/c1-6-46(43,44)38-29(20-24-16-18-28(19-17-24)27-10-8-7-9-11-27)32(41)37-30(23-39(5)33(42)45-34(2,3)4)31(40)36-22-26-14-12-25(21-35)13-15-26/h7-19,29-30,38H,6,20,22-23H2,1-5H3,(H,36,40)(H,37,41)/t29-,30+/m1/s1. The van der Waals surface area contributed by atoms with Crippen molar-refractivity contribution in [2.75, 3.05) is 19.3 Å². The molecule has 11 nitrogen and oxygen atoms in total. The van der Waals surface area contributed by atoms with Crippen LogP contribution in [0.1, 0.15) is 44.4 Å². The van der Waals surface area contributed by atoms with Gasteiger partial charge in [-0.15, -0.1) is 0 Å². The van der Waals surface area contributed by atoms with Gasteiger partial charge in [-0.3, -0.25) is 9.59 Å². The lowest BCUT2D eigenvalue weighted by molar-refractivity contribution is -0.130. The Morgan fingerprint density at radius 2 is 1.46 bits per heavy atom. The van der Waals surface area contributed by atoms with Gasteiger partial charge in [-0.2, -0.15) is 5.26 Å². The molecule has 0 aliphatic heterocycles. The highest BCUT2D eigenvalue weighted by Gasteiger charge is 2.31. The predicted octanol–water partition coefficient (Wildman–Crippen LogP) is 3.74. The molecule has 3 amide bonds. The van der Waals surface area contributed by atoms with Gasteiger partial charge in [0.15, 0.2) is 0 Å². The minimum absolute atomic E-state index is 0.0155. The first-order valence-corrected chi connectivity index (χ1v) is 16.5. The summed E-state index contributed by atoms with van der Waals surface area (Å²) in [5.74, 6) is -1.59. The number of benzene rings is 3. The Morgan fingerprint density at radius 1 is 0.870 bits per heavy atom. The SMILES string of the molecule is CCS(=O)(=O)N[C@H](Cc1ccc(-c2ccccc2)cc1)C(=O)N[C@@H](CN(C)C(=O)OC(C)(C)C)C(=O)NCc1ccc(C#N)cc1. The topological polar surface area (TPSA) is 158 Å². The van der Waals surface area contributed by atoms with E-state index in [1.54, 1.807) is 45.0 Å².